The molecule has 0 aliphatic heterocycles. The van der Waals surface area contributed by atoms with Gasteiger partial charge in [-0.1, -0.05) is 142 Å². The highest BCUT2D eigenvalue weighted by Crippen LogP contribution is 2.48. The Bertz CT molecular complexity index is 767. The zero-order valence-electron chi connectivity index (χ0n) is 20.1. The number of thioether (sulfide) groups is 1. The Hall–Kier alpha value is -2.03. The normalized spacial score (nSPS) is 11.5. The van der Waals surface area contributed by atoms with Gasteiger partial charge in [0.15, 0.2) is 0 Å². The topological polar surface area (TPSA) is 26.0 Å². The van der Waals surface area contributed by atoms with Crippen LogP contribution in [0.25, 0.3) is 0 Å². The molecule has 0 heterocycles. The van der Waals surface area contributed by atoms with Gasteiger partial charge in [0.1, 0.15) is 0 Å². The molecule has 0 amide bonds. The van der Waals surface area contributed by atoms with Crippen molar-refractivity contribution in [1.29, 1.82) is 0 Å². The molecule has 2 heteroatoms. The third-order valence-electron chi connectivity index (χ3n) is 6.46. The van der Waals surface area contributed by atoms with E-state index in [4.69, 9.17) is 5.73 Å². The highest BCUT2D eigenvalue weighted by Gasteiger charge is 2.36. The van der Waals surface area contributed by atoms with Crippen LogP contribution in [0.1, 0.15) is 80.9 Å². The molecular formula is C31H41NS. The fraction of sp³-hybridized carbons (Fsp3) is 0.419. The first-order chi connectivity index (χ1) is 16.4. The van der Waals surface area contributed by atoms with Crippen LogP contribution in [-0.2, 0) is 4.75 Å². The summed E-state index contributed by atoms with van der Waals surface area (Å²) in [4.78, 5) is 0. The molecule has 3 rings (SSSR count). The third kappa shape index (κ3) is 7.76. The molecule has 33 heavy (non-hydrogen) atoms. The molecule has 0 radical (unpaired) electrons. The fourth-order valence-electron chi connectivity index (χ4n) is 4.65. The lowest BCUT2D eigenvalue weighted by Crippen LogP contribution is -2.26. The molecule has 0 fully saturated rings. The van der Waals surface area contributed by atoms with Crippen LogP contribution in [0.2, 0.25) is 0 Å². The molecule has 3 aromatic carbocycles. The Morgan fingerprint density at radius 1 is 0.455 bits per heavy atom. The zero-order chi connectivity index (χ0) is 23.0. The predicted molar refractivity (Wildman–Crippen MR) is 147 cm³/mol. The zero-order valence-corrected chi connectivity index (χ0v) is 20.9. The molecule has 3 aromatic rings. The highest BCUT2D eigenvalue weighted by molar-refractivity contribution is 8.00. The largest absolute Gasteiger partial charge is 0.330 e. The van der Waals surface area contributed by atoms with Crippen LogP contribution < -0.4 is 5.73 Å². The number of unbranched alkanes of at least 4 members (excludes halogenated alkanes) is 9. The van der Waals surface area contributed by atoms with Crippen LogP contribution in [0.3, 0.4) is 0 Å². The summed E-state index contributed by atoms with van der Waals surface area (Å²) < 4.78 is -0.173. The monoisotopic (exact) mass is 459 g/mol. The number of hydrogen-bond donors (Lipinski definition) is 1. The molecule has 0 aliphatic rings. The van der Waals surface area contributed by atoms with Gasteiger partial charge < -0.3 is 5.73 Å². The standard InChI is InChI=1S/C31H41NS/c32-26-18-7-5-3-1-2-4-6-8-19-27-33-31(28-20-12-9-13-21-28,29-22-14-10-15-23-29)30-24-16-11-17-25-30/h9-17,20-25H,1-8,18-19,26-27,32H2. The van der Waals surface area contributed by atoms with Crippen LogP contribution in [0, 0.1) is 0 Å². The second kappa shape index (κ2) is 15.0. The molecule has 1 nitrogen and oxygen atoms in total. The first kappa shape index (κ1) is 25.6. The number of rotatable bonds is 16. The van der Waals surface area contributed by atoms with Crippen LogP contribution in [0.5, 0.6) is 0 Å². The van der Waals surface area contributed by atoms with Crippen LogP contribution in [0.4, 0.5) is 0 Å². The van der Waals surface area contributed by atoms with Crippen molar-refractivity contribution >= 4 is 11.8 Å². The van der Waals surface area contributed by atoms with Gasteiger partial charge in [0.2, 0.25) is 0 Å². The van der Waals surface area contributed by atoms with Gasteiger partial charge in [-0.2, -0.15) is 0 Å². The van der Waals surface area contributed by atoms with E-state index >= 15 is 0 Å². The highest BCUT2D eigenvalue weighted by atomic mass is 32.2. The van der Waals surface area contributed by atoms with Crippen molar-refractivity contribution in [3.63, 3.8) is 0 Å². The molecule has 0 saturated heterocycles. The Kier molecular flexibility index (Phi) is 11.6. The third-order valence-corrected chi connectivity index (χ3v) is 8.09. The Morgan fingerprint density at radius 2 is 0.788 bits per heavy atom. The second-order valence-corrected chi connectivity index (χ2v) is 10.3. The Balaban J connectivity index is 1.59. The fourth-order valence-corrected chi connectivity index (χ4v) is 6.22. The second-order valence-electron chi connectivity index (χ2n) is 8.95. The molecule has 0 atom stereocenters. The van der Waals surface area contributed by atoms with Crippen LogP contribution >= 0.6 is 11.8 Å². The number of hydrogen-bond acceptors (Lipinski definition) is 2. The van der Waals surface area contributed by atoms with Crippen LogP contribution in [0.15, 0.2) is 91.0 Å². The summed E-state index contributed by atoms with van der Waals surface area (Å²) in [6, 6.07) is 33.1. The van der Waals surface area contributed by atoms with Crippen molar-refractivity contribution in [2.45, 2.75) is 69.0 Å². The molecule has 2 N–H and O–H groups in total. The smallest absolute Gasteiger partial charge is 0.0906 e. The van der Waals surface area contributed by atoms with Crippen molar-refractivity contribution in [3.05, 3.63) is 108 Å². The summed E-state index contributed by atoms with van der Waals surface area (Å²) in [7, 11) is 0. The summed E-state index contributed by atoms with van der Waals surface area (Å²) in [6.07, 6.45) is 13.3. The number of benzene rings is 3. The van der Waals surface area contributed by atoms with Crippen molar-refractivity contribution in [2.75, 3.05) is 12.3 Å². The minimum Gasteiger partial charge on any atom is -0.330 e. The lowest BCUT2D eigenvalue weighted by molar-refractivity contribution is 0.558. The summed E-state index contributed by atoms with van der Waals surface area (Å²) in [6.45, 7) is 0.845. The van der Waals surface area contributed by atoms with Gasteiger partial charge in [-0.05, 0) is 41.8 Å². The van der Waals surface area contributed by atoms with Gasteiger partial charge in [0.05, 0.1) is 4.75 Å². The van der Waals surface area contributed by atoms with E-state index in [2.05, 4.69) is 103 Å². The van der Waals surface area contributed by atoms with E-state index in [1.54, 1.807) is 0 Å². The van der Waals surface area contributed by atoms with E-state index in [9.17, 15) is 0 Å². The predicted octanol–water partition coefficient (Wildman–Crippen LogP) is 8.57. The first-order valence-electron chi connectivity index (χ1n) is 12.9. The van der Waals surface area contributed by atoms with Gasteiger partial charge in [0, 0.05) is 0 Å². The minimum atomic E-state index is -0.173. The summed E-state index contributed by atoms with van der Waals surface area (Å²) >= 11 is 2.10. The van der Waals surface area contributed by atoms with Crippen molar-refractivity contribution in [3.8, 4) is 0 Å². The molecule has 0 unspecified atom stereocenters. The van der Waals surface area contributed by atoms with E-state index in [1.807, 2.05) is 0 Å². The molecule has 0 saturated carbocycles. The van der Waals surface area contributed by atoms with Gasteiger partial charge >= 0.3 is 0 Å². The van der Waals surface area contributed by atoms with Crippen molar-refractivity contribution in [2.24, 2.45) is 5.73 Å². The van der Waals surface area contributed by atoms with Crippen molar-refractivity contribution < 1.29 is 0 Å². The molecule has 176 valence electrons. The SMILES string of the molecule is NCCCCCCCCCCCCSC(c1ccccc1)(c1ccccc1)c1ccccc1. The van der Waals surface area contributed by atoms with Gasteiger partial charge in [-0.25, -0.2) is 0 Å². The van der Waals surface area contributed by atoms with E-state index in [-0.39, 0.29) is 4.75 Å². The number of nitrogens with two attached hydrogens (primary N) is 1. The average molecular weight is 460 g/mol. The maximum Gasteiger partial charge on any atom is 0.0906 e. The van der Waals surface area contributed by atoms with E-state index < -0.39 is 0 Å². The maximum absolute atomic E-state index is 5.57. The summed E-state index contributed by atoms with van der Waals surface area (Å²) in [5.41, 5.74) is 9.66. The summed E-state index contributed by atoms with van der Waals surface area (Å²) in [5.74, 6) is 1.16. The van der Waals surface area contributed by atoms with Gasteiger partial charge in [0.25, 0.3) is 0 Å². The van der Waals surface area contributed by atoms with E-state index in [1.165, 1.54) is 80.9 Å². The van der Waals surface area contributed by atoms with Gasteiger partial charge in [-0.3, -0.25) is 0 Å². The Labute approximate surface area is 206 Å². The Morgan fingerprint density at radius 3 is 1.15 bits per heavy atom. The minimum absolute atomic E-state index is 0.173. The molecule has 0 bridgehead atoms. The van der Waals surface area contributed by atoms with Crippen molar-refractivity contribution in [1.82, 2.24) is 0 Å². The lowest BCUT2D eigenvalue weighted by atomic mass is 9.84. The van der Waals surface area contributed by atoms with Crippen LogP contribution in [-0.4, -0.2) is 12.3 Å². The lowest BCUT2D eigenvalue weighted by Gasteiger charge is -2.35. The molecule has 0 aromatic heterocycles. The maximum atomic E-state index is 5.57. The quantitative estimate of drug-likeness (QED) is 0.171. The molecule has 0 aliphatic carbocycles. The average Bonchev–Trinajstić information content (AvgIpc) is 2.89. The molecular weight excluding hydrogens is 418 g/mol. The first-order valence-corrected chi connectivity index (χ1v) is 13.9. The molecule has 0 spiro atoms. The van der Waals surface area contributed by atoms with Gasteiger partial charge in [-0.15, -0.1) is 11.8 Å². The van der Waals surface area contributed by atoms with E-state index in [0.29, 0.717) is 0 Å². The summed E-state index contributed by atoms with van der Waals surface area (Å²) in [5, 5.41) is 0. The van der Waals surface area contributed by atoms with E-state index in [0.717, 1.165) is 12.3 Å².